The molecule has 38 heavy (non-hydrogen) atoms. The summed E-state index contributed by atoms with van der Waals surface area (Å²) in [5, 5.41) is 13.8. The van der Waals surface area contributed by atoms with E-state index in [1.165, 1.54) is 37.0 Å². The number of hydrogen-bond donors (Lipinski definition) is 2. The van der Waals surface area contributed by atoms with E-state index >= 15 is 0 Å². The molecule has 0 bridgehead atoms. The molecule has 0 amide bonds. The van der Waals surface area contributed by atoms with Crippen LogP contribution in [0.2, 0.25) is 0 Å². The smallest absolute Gasteiger partial charge is 0.297 e. The Morgan fingerprint density at radius 1 is 1.13 bits per heavy atom. The summed E-state index contributed by atoms with van der Waals surface area (Å²) in [5.74, 6) is 0. The zero-order valence-electron chi connectivity index (χ0n) is 23.4. The zero-order valence-corrected chi connectivity index (χ0v) is 24.3. The lowest BCUT2D eigenvalue weighted by Gasteiger charge is -2.37. The Kier molecular flexibility index (Phi) is 12.2. The van der Waals surface area contributed by atoms with E-state index in [1.807, 2.05) is 19.1 Å². The number of piperidine rings is 1. The quantitative estimate of drug-likeness (QED) is 0.214. The average Bonchev–Trinajstić information content (AvgIpc) is 2.91. The van der Waals surface area contributed by atoms with Gasteiger partial charge in [-0.3, -0.25) is 4.18 Å². The van der Waals surface area contributed by atoms with E-state index < -0.39 is 16.2 Å². The molecule has 4 unspecified atom stereocenters. The highest BCUT2D eigenvalue weighted by atomic mass is 32.2. The average molecular weight is 547 g/mol. The summed E-state index contributed by atoms with van der Waals surface area (Å²) in [6.45, 7) is 10.8. The molecule has 1 aromatic carbocycles. The van der Waals surface area contributed by atoms with Gasteiger partial charge in [-0.05, 0) is 71.2 Å². The summed E-state index contributed by atoms with van der Waals surface area (Å²) in [6.07, 6.45) is 13.3. The predicted molar refractivity (Wildman–Crippen MR) is 153 cm³/mol. The maximum absolute atomic E-state index is 12.2. The second-order valence-corrected chi connectivity index (χ2v) is 11.9. The summed E-state index contributed by atoms with van der Waals surface area (Å²) in [6, 6.07) is 7.89. The molecule has 1 saturated heterocycles. The number of allylic oxidation sites excluding steroid dienone is 2. The molecule has 1 aliphatic heterocycles. The van der Waals surface area contributed by atoms with Crippen LogP contribution in [0.3, 0.4) is 0 Å². The minimum Gasteiger partial charge on any atom is -0.388 e. The Labute approximate surface area is 229 Å². The Balaban J connectivity index is 1.35. The Morgan fingerprint density at radius 2 is 1.87 bits per heavy atom. The van der Waals surface area contributed by atoms with E-state index in [-0.39, 0.29) is 18.1 Å². The van der Waals surface area contributed by atoms with Crippen molar-refractivity contribution in [2.45, 2.75) is 88.9 Å². The number of aliphatic hydroxyl groups excluding tert-OH is 1. The summed E-state index contributed by atoms with van der Waals surface area (Å²) < 4.78 is 34.9. The molecular formula is C30H46N2O5S. The molecule has 8 heteroatoms. The lowest BCUT2D eigenvalue weighted by Crippen LogP contribution is -2.44. The van der Waals surface area contributed by atoms with Crippen molar-refractivity contribution in [2.24, 2.45) is 0 Å². The number of nitrogens with one attached hydrogen (secondary N) is 1. The fourth-order valence-corrected chi connectivity index (χ4v) is 6.22. The van der Waals surface area contributed by atoms with Crippen molar-refractivity contribution in [3.8, 4) is 0 Å². The lowest BCUT2D eigenvalue weighted by atomic mass is 9.84. The molecule has 1 aliphatic carbocycles. The molecule has 0 aromatic heterocycles. The van der Waals surface area contributed by atoms with Gasteiger partial charge in [-0.2, -0.15) is 8.42 Å². The number of aryl methyl sites for hydroxylation is 1. The van der Waals surface area contributed by atoms with Crippen LogP contribution in [0.25, 0.3) is 0 Å². The molecular weight excluding hydrogens is 500 g/mol. The van der Waals surface area contributed by atoms with Gasteiger partial charge in [0.15, 0.2) is 0 Å². The van der Waals surface area contributed by atoms with Crippen molar-refractivity contribution in [1.29, 1.82) is 0 Å². The maximum Gasteiger partial charge on any atom is 0.297 e. The van der Waals surface area contributed by atoms with Crippen LogP contribution >= 0.6 is 0 Å². The van der Waals surface area contributed by atoms with Gasteiger partial charge in [0.05, 0.1) is 24.7 Å². The zero-order chi connectivity index (χ0) is 27.5. The molecule has 4 atom stereocenters. The van der Waals surface area contributed by atoms with Crippen LogP contribution in [0.15, 0.2) is 64.6 Å². The van der Waals surface area contributed by atoms with Crippen molar-refractivity contribution in [3.05, 3.63) is 65.3 Å². The van der Waals surface area contributed by atoms with Gasteiger partial charge in [0.25, 0.3) is 10.1 Å². The topological polar surface area (TPSA) is 88.1 Å². The first-order valence-corrected chi connectivity index (χ1v) is 15.4. The molecule has 0 radical (unpaired) electrons. The second-order valence-electron chi connectivity index (χ2n) is 10.3. The van der Waals surface area contributed by atoms with Crippen molar-refractivity contribution >= 4 is 10.1 Å². The number of benzene rings is 1. The SMILES string of the molecule is CCN(CC)C1CC=C(C2CC/C(=C/C=C\COCC(O)COS(=O)(=O)c3ccc(C)cc3)C(C)N2)CC1. The highest BCUT2D eigenvalue weighted by molar-refractivity contribution is 7.86. The number of rotatable bonds is 13. The molecule has 1 aromatic rings. The maximum atomic E-state index is 12.2. The first-order chi connectivity index (χ1) is 18.2. The van der Waals surface area contributed by atoms with E-state index in [0.717, 1.165) is 31.5 Å². The van der Waals surface area contributed by atoms with Crippen LogP contribution in [0.4, 0.5) is 0 Å². The van der Waals surface area contributed by atoms with Gasteiger partial charge in [0.1, 0.15) is 6.10 Å². The Hall–Kier alpha value is -1.81. The van der Waals surface area contributed by atoms with Crippen LogP contribution in [-0.2, 0) is 19.0 Å². The van der Waals surface area contributed by atoms with Crippen LogP contribution in [0.1, 0.15) is 58.4 Å². The number of ether oxygens (including phenoxy) is 1. The highest BCUT2D eigenvalue weighted by Crippen LogP contribution is 2.30. The molecule has 7 nitrogen and oxygen atoms in total. The first-order valence-electron chi connectivity index (χ1n) is 14.0. The normalized spacial score (nSPS) is 24.7. The van der Waals surface area contributed by atoms with Crippen molar-refractivity contribution in [2.75, 3.05) is 32.9 Å². The van der Waals surface area contributed by atoms with Gasteiger partial charge in [0.2, 0.25) is 0 Å². The predicted octanol–water partition coefficient (Wildman–Crippen LogP) is 4.52. The van der Waals surface area contributed by atoms with E-state index in [2.05, 4.69) is 43.1 Å². The lowest BCUT2D eigenvalue weighted by molar-refractivity contribution is 0.0228. The third-order valence-corrected chi connectivity index (χ3v) is 8.92. The fraction of sp³-hybridized carbons (Fsp3) is 0.600. The van der Waals surface area contributed by atoms with Gasteiger partial charge < -0.3 is 20.1 Å². The van der Waals surface area contributed by atoms with Crippen molar-refractivity contribution in [1.82, 2.24) is 10.2 Å². The van der Waals surface area contributed by atoms with Gasteiger partial charge >= 0.3 is 0 Å². The van der Waals surface area contributed by atoms with Crippen molar-refractivity contribution < 1.29 is 22.4 Å². The van der Waals surface area contributed by atoms with Crippen LogP contribution < -0.4 is 5.32 Å². The van der Waals surface area contributed by atoms with Gasteiger partial charge in [-0.15, -0.1) is 0 Å². The number of aliphatic hydroxyl groups is 1. The standard InChI is InChI=1S/C30H46N2O5S/c1-5-32(6-2)27-15-12-26(13-16-27)30-19-14-25(24(4)31-30)9-7-8-20-36-21-28(33)22-37-38(34,35)29-17-10-23(3)11-18-29/h7-12,17-18,24,27-28,30-31,33H,5-6,13-16,19-22H2,1-4H3/b8-7-,25-9-. The number of nitrogens with zero attached hydrogens (tertiary/aromatic N) is 1. The molecule has 0 saturated carbocycles. The van der Waals surface area contributed by atoms with Gasteiger partial charge in [-0.25, -0.2) is 0 Å². The molecule has 212 valence electrons. The number of hydrogen-bond acceptors (Lipinski definition) is 7. The first kappa shape index (κ1) is 30.7. The van der Waals surface area contributed by atoms with E-state index in [9.17, 15) is 13.5 Å². The molecule has 2 aliphatic rings. The van der Waals surface area contributed by atoms with Crippen LogP contribution in [0, 0.1) is 6.92 Å². The Morgan fingerprint density at radius 3 is 2.50 bits per heavy atom. The summed E-state index contributed by atoms with van der Waals surface area (Å²) in [5.41, 5.74) is 3.92. The molecule has 1 fully saturated rings. The Bertz CT molecular complexity index is 1060. The summed E-state index contributed by atoms with van der Waals surface area (Å²) in [4.78, 5) is 2.65. The third-order valence-electron chi connectivity index (χ3n) is 7.62. The minimum absolute atomic E-state index is 0.00575. The van der Waals surface area contributed by atoms with Crippen LogP contribution in [0.5, 0.6) is 0 Å². The van der Waals surface area contributed by atoms with E-state index in [1.54, 1.807) is 17.7 Å². The minimum atomic E-state index is -3.90. The monoisotopic (exact) mass is 546 g/mol. The summed E-state index contributed by atoms with van der Waals surface area (Å²) >= 11 is 0. The molecule has 2 N–H and O–H groups in total. The van der Waals surface area contributed by atoms with E-state index in [0.29, 0.717) is 24.7 Å². The second kappa shape index (κ2) is 15.1. The van der Waals surface area contributed by atoms with Gasteiger partial charge in [-0.1, -0.05) is 67.0 Å². The summed E-state index contributed by atoms with van der Waals surface area (Å²) in [7, 11) is -3.90. The highest BCUT2D eigenvalue weighted by Gasteiger charge is 2.27. The largest absolute Gasteiger partial charge is 0.388 e. The molecule has 1 heterocycles. The molecule has 0 spiro atoms. The fourth-order valence-electron chi connectivity index (χ4n) is 5.28. The van der Waals surface area contributed by atoms with E-state index in [4.69, 9.17) is 8.92 Å². The third kappa shape index (κ3) is 9.14. The van der Waals surface area contributed by atoms with Crippen molar-refractivity contribution in [3.63, 3.8) is 0 Å². The molecule has 3 rings (SSSR count). The van der Waals surface area contributed by atoms with Gasteiger partial charge in [0, 0.05) is 18.1 Å². The van der Waals surface area contributed by atoms with Crippen LogP contribution in [-0.4, -0.2) is 75.6 Å².